The summed E-state index contributed by atoms with van der Waals surface area (Å²) in [5.74, 6) is 0.230. The molecule has 1 heterocycles. The fourth-order valence-corrected chi connectivity index (χ4v) is 3.40. The lowest BCUT2D eigenvalue weighted by atomic mass is 10.1. The monoisotopic (exact) mass is 389 g/mol. The Morgan fingerprint density at radius 3 is 2.48 bits per heavy atom. The average Bonchev–Trinajstić information content (AvgIpc) is 3.01. The van der Waals surface area contributed by atoms with Gasteiger partial charge in [0.2, 0.25) is 0 Å². The van der Waals surface area contributed by atoms with Gasteiger partial charge < -0.3 is 9.30 Å². The Bertz CT molecular complexity index is 1050. The third-order valence-electron chi connectivity index (χ3n) is 5.04. The van der Waals surface area contributed by atoms with Gasteiger partial charge in [-0.25, -0.2) is 5.43 Å². The summed E-state index contributed by atoms with van der Waals surface area (Å²) in [5, 5.41) is 4.16. The molecule has 0 aliphatic rings. The molecule has 3 rings (SSSR count). The number of amides is 1. The molecular formula is C24H27N3O2. The summed E-state index contributed by atoms with van der Waals surface area (Å²) in [5.41, 5.74) is 9.64. The van der Waals surface area contributed by atoms with E-state index in [-0.39, 0.29) is 5.91 Å². The Hall–Kier alpha value is -3.34. The standard InChI is InChI=1S/C24H27N3O2/c1-6-19-8-10-21(11-9-19)27-17(3)14-20(18(27)4)15-25-26-24(28)22-12-7-16(2)13-23(22)29-5/h7-15H,6H2,1-5H3,(H,26,28)/b25-15-. The number of benzene rings is 2. The minimum atomic E-state index is -0.304. The van der Waals surface area contributed by atoms with Gasteiger partial charge >= 0.3 is 0 Å². The molecule has 0 saturated heterocycles. The number of hydrogen-bond acceptors (Lipinski definition) is 3. The molecular weight excluding hydrogens is 362 g/mol. The van der Waals surface area contributed by atoms with E-state index >= 15 is 0 Å². The van der Waals surface area contributed by atoms with E-state index in [1.807, 2.05) is 26.0 Å². The second kappa shape index (κ2) is 8.78. The summed E-state index contributed by atoms with van der Waals surface area (Å²) in [6, 6.07) is 16.1. The van der Waals surface area contributed by atoms with Gasteiger partial charge in [-0.05, 0) is 68.7 Å². The van der Waals surface area contributed by atoms with Gasteiger partial charge in [-0.2, -0.15) is 5.10 Å². The number of carbonyl (C=O) groups is 1. The third-order valence-corrected chi connectivity index (χ3v) is 5.04. The molecule has 0 spiro atoms. The Balaban J connectivity index is 1.78. The van der Waals surface area contributed by atoms with Crippen molar-refractivity contribution in [3.05, 3.63) is 82.2 Å². The number of nitrogens with zero attached hydrogens (tertiary/aromatic N) is 2. The predicted octanol–water partition coefficient (Wildman–Crippen LogP) is 4.74. The van der Waals surface area contributed by atoms with E-state index in [4.69, 9.17) is 4.74 Å². The lowest BCUT2D eigenvalue weighted by molar-refractivity contribution is 0.0952. The molecule has 0 radical (unpaired) electrons. The van der Waals surface area contributed by atoms with Crippen molar-refractivity contribution >= 4 is 12.1 Å². The maximum atomic E-state index is 12.5. The van der Waals surface area contributed by atoms with Crippen LogP contribution in [0, 0.1) is 20.8 Å². The fraction of sp³-hybridized carbons (Fsp3) is 0.250. The second-order valence-corrected chi connectivity index (χ2v) is 7.08. The molecule has 5 heteroatoms. The molecule has 1 N–H and O–H groups in total. The van der Waals surface area contributed by atoms with Crippen LogP contribution in [0.2, 0.25) is 0 Å². The summed E-state index contributed by atoms with van der Waals surface area (Å²) in [7, 11) is 1.55. The van der Waals surface area contributed by atoms with Crippen molar-refractivity contribution in [3.8, 4) is 11.4 Å². The van der Waals surface area contributed by atoms with Gasteiger partial charge in [0.25, 0.3) is 5.91 Å². The van der Waals surface area contributed by atoms with E-state index < -0.39 is 0 Å². The van der Waals surface area contributed by atoms with Crippen LogP contribution >= 0.6 is 0 Å². The highest BCUT2D eigenvalue weighted by Gasteiger charge is 2.12. The average molecular weight is 389 g/mol. The van der Waals surface area contributed by atoms with Crippen molar-refractivity contribution in [1.82, 2.24) is 9.99 Å². The first-order valence-electron chi connectivity index (χ1n) is 9.71. The zero-order valence-corrected chi connectivity index (χ0v) is 17.6. The highest BCUT2D eigenvalue weighted by atomic mass is 16.5. The molecule has 0 atom stereocenters. The van der Waals surface area contributed by atoms with Crippen LogP contribution in [0.15, 0.2) is 53.6 Å². The van der Waals surface area contributed by atoms with E-state index in [2.05, 4.69) is 59.3 Å². The molecule has 0 bridgehead atoms. The van der Waals surface area contributed by atoms with Crippen LogP contribution in [-0.2, 0) is 6.42 Å². The topological polar surface area (TPSA) is 55.6 Å². The van der Waals surface area contributed by atoms with Gasteiger partial charge in [0.15, 0.2) is 0 Å². The molecule has 0 fully saturated rings. The van der Waals surface area contributed by atoms with Crippen molar-refractivity contribution in [2.45, 2.75) is 34.1 Å². The predicted molar refractivity (Wildman–Crippen MR) is 117 cm³/mol. The summed E-state index contributed by atoms with van der Waals surface area (Å²) in [6.07, 6.45) is 2.70. The van der Waals surface area contributed by atoms with Crippen molar-refractivity contribution in [2.24, 2.45) is 5.10 Å². The van der Waals surface area contributed by atoms with Crippen LogP contribution in [0.4, 0.5) is 0 Å². The molecule has 1 aromatic heterocycles. The van der Waals surface area contributed by atoms with Crippen LogP contribution in [0.5, 0.6) is 5.75 Å². The fourth-order valence-electron chi connectivity index (χ4n) is 3.40. The Morgan fingerprint density at radius 1 is 1.10 bits per heavy atom. The number of hydrogen-bond donors (Lipinski definition) is 1. The van der Waals surface area contributed by atoms with Crippen LogP contribution in [0.3, 0.4) is 0 Å². The van der Waals surface area contributed by atoms with Gasteiger partial charge in [-0.1, -0.05) is 25.1 Å². The molecule has 0 aliphatic carbocycles. The first-order chi connectivity index (χ1) is 13.9. The lowest BCUT2D eigenvalue weighted by Crippen LogP contribution is -2.18. The van der Waals surface area contributed by atoms with Crippen LogP contribution < -0.4 is 10.2 Å². The van der Waals surface area contributed by atoms with Crippen molar-refractivity contribution in [3.63, 3.8) is 0 Å². The Labute approximate surface area is 172 Å². The summed E-state index contributed by atoms with van der Waals surface area (Å²) in [6.45, 7) is 8.21. The smallest absolute Gasteiger partial charge is 0.275 e. The molecule has 2 aromatic carbocycles. The van der Waals surface area contributed by atoms with Crippen molar-refractivity contribution < 1.29 is 9.53 Å². The lowest BCUT2D eigenvalue weighted by Gasteiger charge is -2.10. The van der Waals surface area contributed by atoms with Crippen LogP contribution in [0.25, 0.3) is 5.69 Å². The SMILES string of the molecule is CCc1ccc(-n2c(C)cc(/C=N\NC(=O)c3ccc(C)cc3OC)c2C)cc1. The van der Waals surface area contributed by atoms with E-state index in [1.54, 1.807) is 19.4 Å². The number of aromatic nitrogens is 1. The number of rotatable bonds is 6. The normalized spacial score (nSPS) is 11.1. The van der Waals surface area contributed by atoms with E-state index in [0.29, 0.717) is 11.3 Å². The van der Waals surface area contributed by atoms with Crippen LogP contribution in [0.1, 0.15) is 45.4 Å². The first kappa shape index (κ1) is 20.4. The Kier molecular flexibility index (Phi) is 6.17. The maximum Gasteiger partial charge on any atom is 0.275 e. The molecule has 0 unspecified atom stereocenters. The highest BCUT2D eigenvalue weighted by molar-refractivity contribution is 5.97. The third kappa shape index (κ3) is 4.40. The largest absolute Gasteiger partial charge is 0.496 e. The minimum absolute atomic E-state index is 0.304. The molecule has 29 heavy (non-hydrogen) atoms. The number of aryl methyl sites for hydroxylation is 3. The van der Waals surface area contributed by atoms with Gasteiger partial charge in [0, 0.05) is 22.6 Å². The minimum Gasteiger partial charge on any atom is -0.496 e. The maximum absolute atomic E-state index is 12.5. The van der Waals surface area contributed by atoms with Gasteiger partial charge in [0.1, 0.15) is 5.75 Å². The van der Waals surface area contributed by atoms with Crippen molar-refractivity contribution in [2.75, 3.05) is 7.11 Å². The number of nitrogens with one attached hydrogen (secondary N) is 1. The molecule has 150 valence electrons. The number of methoxy groups -OCH3 is 1. The van der Waals surface area contributed by atoms with E-state index in [0.717, 1.165) is 34.6 Å². The van der Waals surface area contributed by atoms with Crippen molar-refractivity contribution in [1.29, 1.82) is 0 Å². The molecule has 0 saturated carbocycles. The van der Waals surface area contributed by atoms with Crippen LogP contribution in [-0.4, -0.2) is 23.8 Å². The molecule has 5 nitrogen and oxygen atoms in total. The number of carbonyl (C=O) groups excluding carboxylic acids is 1. The zero-order valence-electron chi connectivity index (χ0n) is 17.6. The molecule has 0 aliphatic heterocycles. The molecule has 1 amide bonds. The Morgan fingerprint density at radius 2 is 1.83 bits per heavy atom. The summed E-state index contributed by atoms with van der Waals surface area (Å²) in [4.78, 5) is 12.5. The highest BCUT2D eigenvalue weighted by Crippen LogP contribution is 2.21. The number of hydrazone groups is 1. The van der Waals surface area contributed by atoms with E-state index in [1.165, 1.54) is 5.56 Å². The van der Waals surface area contributed by atoms with Gasteiger partial charge in [-0.3, -0.25) is 4.79 Å². The second-order valence-electron chi connectivity index (χ2n) is 7.08. The molecule has 3 aromatic rings. The number of ether oxygens (including phenoxy) is 1. The zero-order chi connectivity index (χ0) is 21.0. The van der Waals surface area contributed by atoms with E-state index in [9.17, 15) is 4.79 Å². The first-order valence-corrected chi connectivity index (χ1v) is 9.71. The quantitative estimate of drug-likeness (QED) is 0.489. The summed E-state index contributed by atoms with van der Waals surface area (Å²) >= 11 is 0. The van der Waals surface area contributed by atoms with Gasteiger partial charge in [-0.15, -0.1) is 0 Å². The van der Waals surface area contributed by atoms with Gasteiger partial charge in [0.05, 0.1) is 18.9 Å². The summed E-state index contributed by atoms with van der Waals surface area (Å²) < 4.78 is 7.49.